The van der Waals surface area contributed by atoms with Gasteiger partial charge in [-0.2, -0.15) is 0 Å². The van der Waals surface area contributed by atoms with Crippen molar-refractivity contribution in [2.75, 3.05) is 14.2 Å². The normalized spacial score (nSPS) is 10.7. The molecule has 3 rings (SSSR count). The van der Waals surface area contributed by atoms with Gasteiger partial charge in [0, 0.05) is 5.75 Å². The number of hydrogen-bond acceptors (Lipinski definition) is 6. The zero-order valence-electron chi connectivity index (χ0n) is 13.8. The van der Waals surface area contributed by atoms with Crippen LogP contribution < -0.4 is 9.47 Å². The van der Waals surface area contributed by atoms with Crippen LogP contribution in [0.25, 0.3) is 0 Å². The number of hydrogen-bond donors (Lipinski definition) is 0. The Morgan fingerprint density at radius 1 is 1.04 bits per heavy atom. The smallest absolute Gasteiger partial charge is 0.209 e. The molecule has 0 spiro atoms. The first-order valence-corrected chi connectivity index (χ1v) is 9.32. The van der Waals surface area contributed by atoms with Gasteiger partial charge in [0.15, 0.2) is 0 Å². The molecule has 0 saturated heterocycles. The van der Waals surface area contributed by atoms with Crippen molar-refractivity contribution in [1.82, 2.24) is 20.2 Å². The van der Waals surface area contributed by atoms with Gasteiger partial charge in [-0.3, -0.25) is 0 Å². The molecule has 0 N–H and O–H groups in total. The minimum absolute atomic E-state index is 0.617. The van der Waals surface area contributed by atoms with E-state index in [2.05, 4.69) is 31.5 Å². The Morgan fingerprint density at radius 2 is 1.80 bits per heavy atom. The van der Waals surface area contributed by atoms with E-state index in [1.807, 2.05) is 42.5 Å². The third kappa shape index (κ3) is 4.52. The van der Waals surface area contributed by atoms with Crippen LogP contribution in [0.2, 0.25) is 0 Å². The molecule has 0 bridgehead atoms. The number of aromatic nitrogens is 4. The number of rotatable bonds is 7. The van der Waals surface area contributed by atoms with E-state index in [4.69, 9.17) is 9.47 Å². The summed E-state index contributed by atoms with van der Waals surface area (Å²) in [6.07, 6.45) is 0. The molecular formula is C17H17BrN4O2S. The lowest BCUT2D eigenvalue weighted by atomic mass is 10.2. The van der Waals surface area contributed by atoms with Crippen molar-refractivity contribution in [2.45, 2.75) is 17.5 Å². The number of thioether (sulfide) groups is 1. The summed E-state index contributed by atoms with van der Waals surface area (Å²) in [4.78, 5) is 0. The largest absolute Gasteiger partial charge is 0.497 e. The summed E-state index contributed by atoms with van der Waals surface area (Å²) in [5.41, 5.74) is 2.28. The second-order valence-electron chi connectivity index (χ2n) is 5.22. The van der Waals surface area contributed by atoms with E-state index in [9.17, 15) is 0 Å². The van der Waals surface area contributed by atoms with E-state index >= 15 is 0 Å². The molecule has 0 atom stereocenters. The first-order valence-electron chi connectivity index (χ1n) is 7.54. The average Bonchev–Trinajstić information content (AvgIpc) is 3.08. The summed E-state index contributed by atoms with van der Waals surface area (Å²) in [5, 5.41) is 12.8. The van der Waals surface area contributed by atoms with Gasteiger partial charge in [0.25, 0.3) is 0 Å². The molecule has 2 aromatic carbocycles. The SMILES string of the molecule is COc1ccc(Cn2nnnc2SCc2ccc(OC)c(Br)c2)cc1. The minimum Gasteiger partial charge on any atom is -0.497 e. The lowest BCUT2D eigenvalue weighted by Gasteiger charge is -2.07. The maximum atomic E-state index is 5.25. The summed E-state index contributed by atoms with van der Waals surface area (Å²) in [7, 11) is 3.31. The van der Waals surface area contributed by atoms with Gasteiger partial charge in [-0.25, -0.2) is 4.68 Å². The fourth-order valence-electron chi connectivity index (χ4n) is 2.25. The molecule has 3 aromatic rings. The summed E-state index contributed by atoms with van der Waals surface area (Å²) in [6, 6.07) is 13.9. The molecule has 0 unspecified atom stereocenters. The van der Waals surface area contributed by atoms with Crippen LogP contribution in [0.1, 0.15) is 11.1 Å². The van der Waals surface area contributed by atoms with Crippen molar-refractivity contribution in [1.29, 1.82) is 0 Å². The van der Waals surface area contributed by atoms with E-state index in [-0.39, 0.29) is 0 Å². The molecule has 6 nitrogen and oxygen atoms in total. The zero-order valence-corrected chi connectivity index (χ0v) is 16.2. The van der Waals surface area contributed by atoms with Crippen molar-refractivity contribution in [3.05, 3.63) is 58.1 Å². The molecule has 0 aliphatic rings. The maximum Gasteiger partial charge on any atom is 0.209 e. The van der Waals surface area contributed by atoms with Crippen LogP contribution in [0.4, 0.5) is 0 Å². The number of ether oxygens (including phenoxy) is 2. The molecule has 0 fully saturated rings. The lowest BCUT2D eigenvalue weighted by molar-refractivity contribution is 0.412. The number of benzene rings is 2. The predicted molar refractivity (Wildman–Crippen MR) is 100 cm³/mol. The fourth-order valence-corrected chi connectivity index (χ4v) is 3.66. The van der Waals surface area contributed by atoms with Crippen molar-refractivity contribution in [2.24, 2.45) is 0 Å². The van der Waals surface area contributed by atoms with Crippen LogP contribution in [0, 0.1) is 0 Å². The highest BCUT2D eigenvalue weighted by Crippen LogP contribution is 2.28. The Labute approximate surface area is 158 Å². The van der Waals surface area contributed by atoms with Gasteiger partial charge in [0.05, 0.1) is 25.2 Å². The van der Waals surface area contributed by atoms with Gasteiger partial charge in [0.1, 0.15) is 11.5 Å². The Hall–Kier alpha value is -2.06. The standard InChI is InChI=1S/C17H17BrN4O2S/c1-23-14-6-3-12(4-7-14)10-22-17(19-20-21-22)25-11-13-5-8-16(24-2)15(18)9-13/h3-9H,10-11H2,1-2H3. The maximum absolute atomic E-state index is 5.25. The fraction of sp³-hybridized carbons (Fsp3) is 0.235. The van der Waals surface area contributed by atoms with Crippen molar-refractivity contribution in [3.63, 3.8) is 0 Å². The van der Waals surface area contributed by atoms with E-state index < -0.39 is 0 Å². The van der Waals surface area contributed by atoms with Gasteiger partial charge in [-0.15, -0.1) is 5.10 Å². The van der Waals surface area contributed by atoms with Crippen LogP contribution >= 0.6 is 27.7 Å². The third-order valence-electron chi connectivity index (χ3n) is 3.57. The van der Waals surface area contributed by atoms with Gasteiger partial charge < -0.3 is 9.47 Å². The van der Waals surface area contributed by atoms with Gasteiger partial charge in [0.2, 0.25) is 5.16 Å². The van der Waals surface area contributed by atoms with Crippen LogP contribution in [0.5, 0.6) is 11.5 Å². The lowest BCUT2D eigenvalue weighted by Crippen LogP contribution is -2.04. The van der Waals surface area contributed by atoms with Crippen molar-refractivity contribution >= 4 is 27.7 Å². The molecule has 0 amide bonds. The summed E-state index contributed by atoms with van der Waals surface area (Å²) >= 11 is 5.10. The first-order chi connectivity index (χ1) is 12.2. The molecule has 1 heterocycles. The van der Waals surface area contributed by atoms with E-state index in [1.165, 1.54) is 0 Å². The predicted octanol–water partition coefficient (Wildman–Crippen LogP) is 3.79. The summed E-state index contributed by atoms with van der Waals surface area (Å²) < 4.78 is 13.2. The van der Waals surface area contributed by atoms with Crippen LogP contribution in [0.3, 0.4) is 0 Å². The molecule has 0 aliphatic carbocycles. The number of tetrazole rings is 1. The monoisotopic (exact) mass is 420 g/mol. The highest BCUT2D eigenvalue weighted by Gasteiger charge is 2.09. The Morgan fingerprint density at radius 3 is 2.48 bits per heavy atom. The summed E-state index contributed by atoms with van der Waals surface area (Å²) in [6.45, 7) is 0.617. The average molecular weight is 421 g/mol. The Bertz CT molecular complexity index is 839. The van der Waals surface area contributed by atoms with Crippen LogP contribution in [0.15, 0.2) is 52.1 Å². The number of methoxy groups -OCH3 is 2. The highest BCUT2D eigenvalue weighted by molar-refractivity contribution is 9.10. The number of halogens is 1. The van der Waals surface area contributed by atoms with Crippen molar-refractivity contribution < 1.29 is 9.47 Å². The topological polar surface area (TPSA) is 62.1 Å². The Balaban J connectivity index is 1.66. The molecule has 8 heteroatoms. The van der Waals surface area contributed by atoms with Gasteiger partial charge in [-0.1, -0.05) is 30.0 Å². The van der Waals surface area contributed by atoms with E-state index in [0.29, 0.717) is 6.54 Å². The van der Waals surface area contributed by atoms with E-state index in [1.54, 1.807) is 30.7 Å². The molecule has 0 radical (unpaired) electrons. The highest BCUT2D eigenvalue weighted by atomic mass is 79.9. The molecule has 0 aliphatic heterocycles. The second-order valence-corrected chi connectivity index (χ2v) is 7.02. The molecule has 25 heavy (non-hydrogen) atoms. The molecular weight excluding hydrogens is 404 g/mol. The molecule has 1 aromatic heterocycles. The van der Waals surface area contributed by atoms with Crippen LogP contribution in [-0.2, 0) is 12.3 Å². The quantitative estimate of drug-likeness (QED) is 0.541. The number of nitrogens with zero attached hydrogens (tertiary/aromatic N) is 4. The third-order valence-corrected chi connectivity index (χ3v) is 5.22. The summed E-state index contributed by atoms with van der Waals surface area (Å²) in [5.74, 6) is 2.42. The van der Waals surface area contributed by atoms with Crippen LogP contribution in [-0.4, -0.2) is 34.4 Å². The second kappa shape index (κ2) is 8.35. The van der Waals surface area contributed by atoms with Gasteiger partial charge in [-0.05, 0) is 61.7 Å². The molecule has 130 valence electrons. The first kappa shape index (κ1) is 17.8. The Kier molecular flexibility index (Phi) is 5.93. The van der Waals surface area contributed by atoms with Gasteiger partial charge >= 0.3 is 0 Å². The zero-order chi connectivity index (χ0) is 17.6. The van der Waals surface area contributed by atoms with E-state index in [0.717, 1.165) is 38.0 Å². The molecule has 0 saturated carbocycles. The minimum atomic E-state index is 0.617. The van der Waals surface area contributed by atoms with Crippen molar-refractivity contribution in [3.8, 4) is 11.5 Å².